The van der Waals surface area contributed by atoms with Crippen LogP contribution < -0.4 is 11.3 Å². The molecule has 1 unspecified atom stereocenters. The Kier molecular flexibility index (Phi) is 3.53. The Labute approximate surface area is 97.7 Å². The second kappa shape index (κ2) is 4.90. The first-order valence-corrected chi connectivity index (χ1v) is 6.68. The molecule has 80 valence electrons. The van der Waals surface area contributed by atoms with Gasteiger partial charge in [-0.1, -0.05) is 6.92 Å². The largest absolute Gasteiger partial charge is 0.271 e. The Balaban J connectivity index is 2.27. The fourth-order valence-electron chi connectivity index (χ4n) is 1.52. The van der Waals surface area contributed by atoms with E-state index in [4.69, 9.17) is 5.84 Å². The Hall–Kier alpha value is -0.680. The quantitative estimate of drug-likeness (QED) is 0.635. The van der Waals surface area contributed by atoms with Crippen LogP contribution in [0.5, 0.6) is 0 Å². The van der Waals surface area contributed by atoms with Gasteiger partial charge < -0.3 is 0 Å². The van der Waals surface area contributed by atoms with Gasteiger partial charge in [0.1, 0.15) is 0 Å². The monoisotopic (exact) mass is 238 g/mol. The highest BCUT2D eigenvalue weighted by atomic mass is 32.1. The molecule has 0 aliphatic rings. The van der Waals surface area contributed by atoms with Crippen LogP contribution in [0.25, 0.3) is 0 Å². The van der Waals surface area contributed by atoms with Gasteiger partial charge in [-0.15, -0.1) is 11.3 Å². The van der Waals surface area contributed by atoms with Crippen LogP contribution in [0.3, 0.4) is 0 Å². The molecular formula is C11H14N2S2. The lowest BCUT2D eigenvalue weighted by Gasteiger charge is -2.12. The average Bonchev–Trinajstić information content (AvgIpc) is 2.89. The summed E-state index contributed by atoms with van der Waals surface area (Å²) in [6.07, 6.45) is 1.09. The highest BCUT2D eigenvalue weighted by molar-refractivity contribution is 7.12. The molecule has 15 heavy (non-hydrogen) atoms. The van der Waals surface area contributed by atoms with Gasteiger partial charge in [0, 0.05) is 9.75 Å². The number of thiophene rings is 2. The molecule has 0 saturated carbocycles. The standard InChI is InChI=1S/C11H14N2S2/c1-2-9-3-4-10(15-9)11(13-12)8-5-6-14-7-8/h3-7,11,13H,2,12H2,1H3. The molecule has 4 heteroatoms. The summed E-state index contributed by atoms with van der Waals surface area (Å²) in [4.78, 5) is 2.69. The van der Waals surface area contributed by atoms with Crippen LogP contribution in [-0.2, 0) is 6.42 Å². The first-order valence-electron chi connectivity index (χ1n) is 4.92. The average molecular weight is 238 g/mol. The zero-order chi connectivity index (χ0) is 10.7. The van der Waals surface area contributed by atoms with E-state index in [0.29, 0.717) is 0 Å². The highest BCUT2D eigenvalue weighted by Crippen LogP contribution is 2.29. The molecular weight excluding hydrogens is 224 g/mol. The number of aryl methyl sites for hydroxylation is 1. The smallest absolute Gasteiger partial charge is 0.0810 e. The maximum absolute atomic E-state index is 5.61. The lowest BCUT2D eigenvalue weighted by Crippen LogP contribution is -2.27. The fourth-order valence-corrected chi connectivity index (χ4v) is 3.25. The molecule has 0 saturated heterocycles. The summed E-state index contributed by atoms with van der Waals surface area (Å²) in [7, 11) is 0. The minimum absolute atomic E-state index is 0.140. The van der Waals surface area contributed by atoms with E-state index in [9.17, 15) is 0 Å². The molecule has 0 spiro atoms. The summed E-state index contributed by atoms with van der Waals surface area (Å²) in [6.45, 7) is 2.17. The van der Waals surface area contributed by atoms with E-state index >= 15 is 0 Å². The molecule has 2 nitrogen and oxygen atoms in total. The highest BCUT2D eigenvalue weighted by Gasteiger charge is 2.14. The maximum Gasteiger partial charge on any atom is 0.0810 e. The second-order valence-corrected chi connectivity index (χ2v) is 5.29. The van der Waals surface area contributed by atoms with Gasteiger partial charge in [0.05, 0.1) is 6.04 Å². The Bertz CT molecular complexity index is 406. The van der Waals surface area contributed by atoms with Crippen LogP contribution in [0, 0.1) is 0 Å². The normalized spacial score (nSPS) is 12.9. The van der Waals surface area contributed by atoms with Crippen LogP contribution in [0.4, 0.5) is 0 Å². The van der Waals surface area contributed by atoms with E-state index in [1.54, 1.807) is 11.3 Å². The molecule has 0 aliphatic heterocycles. The lowest BCUT2D eigenvalue weighted by atomic mass is 10.1. The van der Waals surface area contributed by atoms with Crippen LogP contribution >= 0.6 is 22.7 Å². The van der Waals surface area contributed by atoms with Crippen molar-refractivity contribution >= 4 is 22.7 Å². The third-order valence-electron chi connectivity index (χ3n) is 2.36. The number of rotatable bonds is 4. The molecule has 2 aromatic heterocycles. The molecule has 0 amide bonds. The zero-order valence-electron chi connectivity index (χ0n) is 8.57. The number of nitrogens with two attached hydrogens (primary N) is 1. The van der Waals surface area contributed by atoms with Crippen molar-refractivity contribution in [3.8, 4) is 0 Å². The SMILES string of the molecule is CCc1ccc(C(NN)c2ccsc2)s1. The van der Waals surface area contributed by atoms with Gasteiger partial charge in [0.2, 0.25) is 0 Å². The van der Waals surface area contributed by atoms with E-state index in [2.05, 4.69) is 41.3 Å². The Morgan fingerprint density at radius 2 is 2.27 bits per heavy atom. The number of nitrogens with one attached hydrogen (secondary N) is 1. The summed E-state index contributed by atoms with van der Waals surface area (Å²) < 4.78 is 0. The van der Waals surface area contributed by atoms with Crippen LogP contribution in [0.1, 0.15) is 28.3 Å². The summed E-state index contributed by atoms with van der Waals surface area (Å²) in [5.74, 6) is 5.61. The third-order valence-corrected chi connectivity index (χ3v) is 4.35. The Morgan fingerprint density at radius 1 is 1.40 bits per heavy atom. The van der Waals surface area contributed by atoms with Gasteiger partial charge in [-0.2, -0.15) is 11.3 Å². The lowest BCUT2D eigenvalue weighted by molar-refractivity contribution is 0.648. The fraction of sp³-hybridized carbons (Fsp3) is 0.273. The molecule has 0 aliphatic carbocycles. The minimum atomic E-state index is 0.140. The first kappa shape index (κ1) is 10.8. The van der Waals surface area contributed by atoms with Crippen molar-refractivity contribution in [1.29, 1.82) is 0 Å². The van der Waals surface area contributed by atoms with Crippen molar-refractivity contribution in [3.05, 3.63) is 44.3 Å². The number of hydrogen-bond donors (Lipinski definition) is 2. The molecule has 2 heterocycles. The molecule has 0 fully saturated rings. The van der Waals surface area contributed by atoms with Gasteiger partial charge in [-0.25, -0.2) is 5.43 Å². The first-order chi connectivity index (χ1) is 7.35. The van der Waals surface area contributed by atoms with Crippen LogP contribution in [-0.4, -0.2) is 0 Å². The minimum Gasteiger partial charge on any atom is -0.271 e. The van der Waals surface area contributed by atoms with E-state index in [-0.39, 0.29) is 6.04 Å². The molecule has 1 atom stereocenters. The number of hydrazine groups is 1. The summed E-state index contributed by atoms with van der Waals surface area (Å²) in [6, 6.07) is 6.59. The zero-order valence-corrected chi connectivity index (χ0v) is 10.2. The predicted molar refractivity (Wildman–Crippen MR) is 67.2 cm³/mol. The Morgan fingerprint density at radius 3 is 2.80 bits per heavy atom. The second-order valence-electron chi connectivity index (χ2n) is 3.31. The molecule has 0 bridgehead atoms. The molecule has 3 N–H and O–H groups in total. The van der Waals surface area contributed by atoms with Crippen molar-refractivity contribution in [2.24, 2.45) is 5.84 Å². The van der Waals surface area contributed by atoms with Gasteiger partial charge >= 0.3 is 0 Å². The van der Waals surface area contributed by atoms with Gasteiger partial charge in [-0.05, 0) is 40.9 Å². The van der Waals surface area contributed by atoms with Crippen molar-refractivity contribution in [3.63, 3.8) is 0 Å². The third kappa shape index (κ3) is 2.29. The van der Waals surface area contributed by atoms with E-state index < -0.39 is 0 Å². The van der Waals surface area contributed by atoms with Gasteiger partial charge in [0.15, 0.2) is 0 Å². The van der Waals surface area contributed by atoms with Crippen molar-refractivity contribution < 1.29 is 0 Å². The summed E-state index contributed by atoms with van der Waals surface area (Å²) in [5, 5.41) is 4.21. The van der Waals surface area contributed by atoms with E-state index in [1.807, 2.05) is 11.3 Å². The topological polar surface area (TPSA) is 38.0 Å². The van der Waals surface area contributed by atoms with Crippen molar-refractivity contribution in [1.82, 2.24) is 5.43 Å². The molecule has 0 aromatic carbocycles. The van der Waals surface area contributed by atoms with Crippen LogP contribution in [0.15, 0.2) is 29.0 Å². The van der Waals surface area contributed by atoms with Crippen molar-refractivity contribution in [2.75, 3.05) is 0 Å². The molecule has 2 rings (SSSR count). The molecule has 2 aromatic rings. The van der Waals surface area contributed by atoms with E-state index in [1.165, 1.54) is 15.3 Å². The van der Waals surface area contributed by atoms with Gasteiger partial charge in [0.25, 0.3) is 0 Å². The number of hydrogen-bond acceptors (Lipinski definition) is 4. The van der Waals surface area contributed by atoms with Crippen LogP contribution in [0.2, 0.25) is 0 Å². The van der Waals surface area contributed by atoms with E-state index in [0.717, 1.165) is 6.42 Å². The maximum atomic E-state index is 5.61. The predicted octanol–water partition coefficient (Wildman–Crippen LogP) is 2.92. The van der Waals surface area contributed by atoms with Gasteiger partial charge in [-0.3, -0.25) is 5.84 Å². The summed E-state index contributed by atoms with van der Waals surface area (Å²) in [5.41, 5.74) is 4.12. The summed E-state index contributed by atoms with van der Waals surface area (Å²) >= 11 is 3.53. The van der Waals surface area contributed by atoms with Crippen molar-refractivity contribution in [2.45, 2.75) is 19.4 Å². The molecule has 0 radical (unpaired) electrons.